The molecule has 4 rings (SSSR count). The van der Waals surface area contributed by atoms with Crippen molar-refractivity contribution in [1.82, 2.24) is 14.8 Å². The number of hydrogen-bond donors (Lipinski definition) is 1. The van der Waals surface area contributed by atoms with Crippen LogP contribution in [0.5, 0.6) is 0 Å². The van der Waals surface area contributed by atoms with Crippen LogP contribution < -0.4 is 5.32 Å². The van der Waals surface area contributed by atoms with Gasteiger partial charge >= 0.3 is 0 Å². The number of nitro groups is 1. The number of rotatable bonds is 6. The van der Waals surface area contributed by atoms with E-state index in [1.807, 2.05) is 12.1 Å². The first-order valence-corrected chi connectivity index (χ1v) is 9.17. The van der Waals surface area contributed by atoms with Gasteiger partial charge in [0.15, 0.2) is 5.76 Å². The van der Waals surface area contributed by atoms with E-state index in [0.29, 0.717) is 17.3 Å². The average molecular weight is 424 g/mol. The fourth-order valence-electron chi connectivity index (χ4n) is 2.74. The topological polar surface area (TPSA) is 116 Å². The Hall–Kier alpha value is -3.98. The first-order chi connectivity index (χ1) is 14.5. The number of carbonyl (C=O) groups excluding carboxylic acids is 1. The Morgan fingerprint density at radius 1 is 1.17 bits per heavy atom. The third-order valence-electron chi connectivity index (χ3n) is 4.21. The van der Waals surface area contributed by atoms with Crippen molar-refractivity contribution in [3.8, 4) is 11.6 Å². The van der Waals surface area contributed by atoms with Gasteiger partial charge in [-0.2, -0.15) is 9.67 Å². The number of non-ortho nitro benzene ring substituents is 1. The van der Waals surface area contributed by atoms with E-state index in [9.17, 15) is 14.9 Å². The summed E-state index contributed by atoms with van der Waals surface area (Å²) in [5.41, 5.74) is 0.828. The van der Waals surface area contributed by atoms with Crippen LogP contribution in [0.2, 0.25) is 5.02 Å². The zero-order valence-electron chi connectivity index (χ0n) is 15.4. The predicted molar refractivity (Wildman–Crippen MR) is 109 cm³/mol. The third kappa shape index (κ3) is 4.06. The number of halogens is 1. The second-order valence-corrected chi connectivity index (χ2v) is 6.68. The largest absolute Gasteiger partial charge is 0.461 e. The van der Waals surface area contributed by atoms with Gasteiger partial charge in [0.05, 0.1) is 11.2 Å². The van der Waals surface area contributed by atoms with Gasteiger partial charge in [0, 0.05) is 29.3 Å². The Morgan fingerprint density at radius 2 is 1.97 bits per heavy atom. The van der Waals surface area contributed by atoms with Crippen molar-refractivity contribution in [2.45, 2.75) is 6.54 Å². The molecule has 1 N–H and O–H groups in total. The molecule has 0 aliphatic heterocycles. The highest BCUT2D eigenvalue weighted by Gasteiger charge is 2.21. The molecule has 0 aliphatic carbocycles. The smallest absolute Gasteiger partial charge is 0.281 e. The van der Waals surface area contributed by atoms with Gasteiger partial charge < -0.3 is 9.73 Å². The molecule has 4 aromatic rings. The molecule has 0 aliphatic rings. The summed E-state index contributed by atoms with van der Waals surface area (Å²) in [5.74, 6) is 0.197. The lowest BCUT2D eigenvalue weighted by molar-refractivity contribution is -0.384. The maximum atomic E-state index is 13.0. The summed E-state index contributed by atoms with van der Waals surface area (Å²) in [7, 11) is 0. The molecule has 2 heterocycles. The maximum absolute atomic E-state index is 13.0. The molecule has 0 fully saturated rings. The predicted octanol–water partition coefficient (Wildman–Crippen LogP) is 4.40. The monoisotopic (exact) mass is 423 g/mol. The summed E-state index contributed by atoms with van der Waals surface area (Å²) in [6, 6.07) is 16.0. The van der Waals surface area contributed by atoms with Crippen LogP contribution in [0.3, 0.4) is 0 Å². The van der Waals surface area contributed by atoms with E-state index in [0.717, 1.165) is 10.2 Å². The zero-order chi connectivity index (χ0) is 21.1. The Kier molecular flexibility index (Phi) is 5.27. The van der Waals surface area contributed by atoms with Crippen LogP contribution in [0.15, 0.2) is 71.3 Å². The van der Waals surface area contributed by atoms with Gasteiger partial charge in [-0.15, -0.1) is 5.10 Å². The summed E-state index contributed by atoms with van der Waals surface area (Å²) in [5, 5.41) is 19.0. The second-order valence-electron chi connectivity index (χ2n) is 6.24. The Balaban J connectivity index is 1.68. The van der Waals surface area contributed by atoms with E-state index in [2.05, 4.69) is 15.4 Å². The lowest BCUT2D eigenvalue weighted by Crippen LogP contribution is -2.17. The SMILES string of the molecule is O=C(c1cccc([N+](=O)[O-])c1)n1nc(-c2ccco2)nc1NCc1ccc(Cl)cc1. The maximum Gasteiger partial charge on any atom is 0.281 e. The lowest BCUT2D eigenvalue weighted by atomic mass is 10.2. The number of aromatic nitrogens is 3. The fourth-order valence-corrected chi connectivity index (χ4v) is 2.86. The highest BCUT2D eigenvalue weighted by atomic mass is 35.5. The molecule has 10 heteroatoms. The molecule has 0 atom stereocenters. The van der Waals surface area contributed by atoms with Crippen molar-refractivity contribution in [3.63, 3.8) is 0 Å². The van der Waals surface area contributed by atoms with Crippen LogP contribution in [-0.4, -0.2) is 25.6 Å². The van der Waals surface area contributed by atoms with Gasteiger partial charge in [-0.1, -0.05) is 29.8 Å². The van der Waals surface area contributed by atoms with Crippen molar-refractivity contribution in [2.75, 3.05) is 5.32 Å². The minimum atomic E-state index is -0.567. The van der Waals surface area contributed by atoms with Gasteiger partial charge in [-0.3, -0.25) is 14.9 Å². The number of nitrogens with one attached hydrogen (secondary N) is 1. The highest BCUT2D eigenvalue weighted by Crippen LogP contribution is 2.21. The molecule has 0 bridgehead atoms. The molecule has 0 saturated carbocycles. The first-order valence-electron chi connectivity index (χ1n) is 8.79. The number of carbonyl (C=O) groups is 1. The van der Waals surface area contributed by atoms with E-state index in [1.165, 1.54) is 30.5 Å². The number of benzene rings is 2. The van der Waals surface area contributed by atoms with Crippen molar-refractivity contribution in [1.29, 1.82) is 0 Å². The summed E-state index contributed by atoms with van der Waals surface area (Å²) < 4.78 is 6.38. The van der Waals surface area contributed by atoms with Crippen LogP contribution >= 0.6 is 11.6 Å². The van der Waals surface area contributed by atoms with Crippen LogP contribution in [0.4, 0.5) is 11.6 Å². The minimum absolute atomic E-state index is 0.106. The van der Waals surface area contributed by atoms with Gasteiger partial charge in [0.2, 0.25) is 11.8 Å². The van der Waals surface area contributed by atoms with Crippen LogP contribution in [0.1, 0.15) is 15.9 Å². The van der Waals surface area contributed by atoms with E-state index in [-0.39, 0.29) is 23.0 Å². The molecular formula is C20H14ClN5O4. The summed E-state index contributed by atoms with van der Waals surface area (Å²) in [6.45, 7) is 0.357. The lowest BCUT2D eigenvalue weighted by Gasteiger charge is -2.07. The van der Waals surface area contributed by atoms with Crippen LogP contribution in [-0.2, 0) is 6.54 Å². The molecule has 2 aromatic carbocycles. The zero-order valence-corrected chi connectivity index (χ0v) is 16.1. The molecular weight excluding hydrogens is 410 g/mol. The van der Waals surface area contributed by atoms with Gasteiger partial charge in [0.1, 0.15) is 0 Å². The van der Waals surface area contributed by atoms with E-state index in [1.54, 1.807) is 24.3 Å². The van der Waals surface area contributed by atoms with Crippen LogP contribution in [0, 0.1) is 10.1 Å². The van der Waals surface area contributed by atoms with Crippen molar-refractivity contribution < 1.29 is 14.1 Å². The molecule has 0 unspecified atom stereocenters. The normalized spacial score (nSPS) is 10.7. The number of anilines is 1. The first kappa shape index (κ1) is 19.3. The molecule has 0 radical (unpaired) electrons. The van der Waals surface area contributed by atoms with E-state index < -0.39 is 10.8 Å². The van der Waals surface area contributed by atoms with Crippen molar-refractivity contribution >= 4 is 29.1 Å². The standard InChI is InChI=1S/C20H14ClN5O4/c21-15-8-6-13(7-9-15)12-22-20-23-18(17-5-2-10-30-17)24-25(20)19(27)14-3-1-4-16(11-14)26(28)29/h1-11H,12H2,(H,22,23,24). The molecule has 0 spiro atoms. The summed E-state index contributed by atoms with van der Waals surface area (Å²) in [6.07, 6.45) is 1.47. The second kappa shape index (κ2) is 8.18. The van der Waals surface area contributed by atoms with Crippen LogP contribution in [0.25, 0.3) is 11.6 Å². The Bertz CT molecular complexity index is 1200. The molecule has 0 amide bonds. The quantitative estimate of drug-likeness (QED) is 0.361. The van der Waals surface area contributed by atoms with Gasteiger partial charge in [0.25, 0.3) is 11.6 Å². The summed E-state index contributed by atoms with van der Waals surface area (Å²) in [4.78, 5) is 27.9. The van der Waals surface area contributed by atoms with E-state index >= 15 is 0 Å². The average Bonchev–Trinajstić information content (AvgIpc) is 3.43. The number of furan rings is 1. The molecule has 0 saturated heterocycles. The number of nitrogens with zero attached hydrogens (tertiary/aromatic N) is 4. The fraction of sp³-hybridized carbons (Fsp3) is 0.0500. The van der Waals surface area contributed by atoms with E-state index in [4.69, 9.17) is 16.0 Å². The number of nitro benzene ring substituents is 1. The van der Waals surface area contributed by atoms with Gasteiger partial charge in [-0.25, -0.2) is 0 Å². The number of hydrogen-bond acceptors (Lipinski definition) is 7. The minimum Gasteiger partial charge on any atom is -0.461 e. The summed E-state index contributed by atoms with van der Waals surface area (Å²) >= 11 is 5.91. The van der Waals surface area contributed by atoms with Crippen molar-refractivity contribution in [3.05, 3.63) is 93.2 Å². The van der Waals surface area contributed by atoms with Gasteiger partial charge in [-0.05, 0) is 35.9 Å². The third-order valence-corrected chi connectivity index (χ3v) is 4.46. The Morgan fingerprint density at radius 3 is 2.67 bits per heavy atom. The molecule has 9 nitrogen and oxygen atoms in total. The highest BCUT2D eigenvalue weighted by molar-refractivity contribution is 6.30. The molecule has 150 valence electrons. The molecule has 2 aromatic heterocycles. The Labute approximate surface area is 175 Å². The molecule has 30 heavy (non-hydrogen) atoms. The van der Waals surface area contributed by atoms with Crippen molar-refractivity contribution in [2.24, 2.45) is 0 Å².